The zero-order valence-electron chi connectivity index (χ0n) is 16.1. The summed E-state index contributed by atoms with van der Waals surface area (Å²) in [5.41, 5.74) is 2.77. The molecule has 28 heavy (non-hydrogen) atoms. The Morgan fingerprint density at radius 2 is 2.11 bits per heavy atom. The Morgan fingerprint density at radius 1 is 1.29 bits per heavy atom. The van der Waals surface area contributed by atoms with Crippen molar-refractivity contribution in [2.45, 2.75) is 25.7 Å². The maximum Gasteiger partial charge on any atom is 0.323 e. The summed E-state index contributed by atoms with van der Waals surface area (Å²) in [4.78, 5) is 14.8. The number of ether oxygens (including phenoxy) is 1. The van der Waals surface area contributed by atoms with Gasteiger partial charge in [-0.2, -0.15) is 10.2 Å². The number of likely N-dealkylation sites (tertiary alicyclic amines) is 1. The van der Waals surface area contributed by atoms with Crippen LogP contribution in [0.15, 0.2) is 42.6 Å². The lowest BCUT2D eigenvalue weighted by Crippen LogP contribution is -2.42. The van der Waals surface area contributed by atoms with Crippen molar-refractivity contribution < 1.29 is 9.53 Å². The lowest BCUT2D eigenvalue weighted by molar-refractivity contribution is 0.192. The number of nitrogens with zero attached hydrogens (tertiary/aromatic N) is 4. The van der Waals surface area contributed by atoms with Gasteiger partial charge in [0.25, 0.3) is 0 Å². The van der Waals surface area contributed by atoms with Crippen LogP contribution in [0.4, 0.5) is 10.6 Å². The topological polar surface area (TPSA) is 88.1 Å². The molecule has 0 bridgehead atoms. The van der Waals surface area contributed by atoms with Crippen molar-refractivity contribution in [1.29, 1.82) is 0 Å². The van der Waals surface area contributed by atoms with Gasteiger partial charge in [0, 0.05) is 37.0 Å². The van der Waals surface area contributed by atoms with E-state index in [0.29, 0.717) is 12.4 Å². The van der Waals surface area contributed by atoms with Gasteiger partial charge in [-0.3, -0.25) is 10.4 Å². The Hall–Kier alpha value is -3.29. The molecule has 8 nitrogen and oxygen atoms in total. The lowest BCUT2D eigenvalue weighted by atomic mass is 9.95. The van der Waals surface area contributed by atoms with Gasteiger partial charge in [-0.1, -0.05) is 0 Å². The fourth-order valence-corrected chi connectivity index (χ4v) is 3.61. The smallest absolute Gasteiger partial charge is 0.323 e. The summed E-state index contributed by atoms with van der Waals surface area (Å²) in [7, 11) is 1.63. The predicted molar refractivity (Wildman–Crippen MR) is 106 cm³/mol. The summed E-state index contributed by atoms with van der Waals surface area (Å²) in [6.45, 7) is 3.32. The van der Waals surface area contributed by atoms with Gasteiger partial charge in [-0.25, -0.2) is 9.48 Å². The van der Waals surface area contributed by atoms with Gasteiger partial charge in [-0.05, 0) is 50.1 Å². The number of carbonyl (C=O) groups is 1. The molecule has 1 fully saturated rings. The third-order valence-electron chi connectivity index (χ3n) is 5.05. The largest absolute Gasteiger partial charge is 0.497 e. The fourth-order valence-electron chi connectivity index (χ4n) is 3.61. The fraction of sp³-hybridized carbons (Fsp3) is 0.350. The van der Waals surface area contributed by atoms with Crippen LogP contribution >= 0.6 is 0 Å². The van der Waals surface area contributed by atoms with Gasteiger partial charge in [0.15, 0.2) is 0 Å². The number of benzene rings is 1. The van der Waals surface area contributed by atoms with Crippen LogP contribution in [0.1, 0.15) is 30.1 Å². The molecule has 146 valence electrons. The van der Waals surface area contributed by atoms with E-state index in [2.05, 4.69) is 20.6 Å². The van der Waals surface area contributed by atoms with Gasteiger partial charge in [0.2, 0.25) is 0 Å². The highest BCUT2D eigenvalue weighted by atomic mass is 16.5. The second-order valence-electron chi connectivity index (χ2n) is 7.01. The van der Waals surface area contributed by atoms with Crippen LogP contribution in [0.5, 0.6) is 5.75 Å². The van der Waals surface area contributed by atoms with E-state index in [1.54, 1.807) is 18.0 Å². The lowest BCUT2D eigenvalue weighted by Gasteiger charge is -2.32. The van der Waals surface area contributed by atoms with Crippen LogP contribution in [0.3, 0.4) is 0 Å². The molecule has 1 aliphatic rings. The van der Waals surface area contributed by atoms with Gasteiger partial charge in [0.05, 0.1) is 18.5 Å². The number of carbonyl (C=O) groups excluding carboxylic acids is 1. The van der Waals surface area contributed by atoms with E-state index in [1.165, 1.54) is 0 Å². The molecule has 0 unspecified atom stereocenters. The highest BCUT2D eigenvalue weighted by Gasteiger charge is 2.26. The van der Waals surface area contributed by atoms with E-state index in [9.17, 15) is 4.79 Å². The Balaban J connectivity index is 1.50. The monoisotopic (exact) mass is 380 g/mol. The third-order valence-corrected chi connectivity index (χ3v) is 5.05. The predicted octanol–water partition coefficient (Wildman–Crippen LogP) is 3.32. The Kier molecular flexibility index (Phi) is 5.01. The van der Waals surface area contributed by atoms with Gasteiger partial charge in [-0.15, -0.1) is 0 Å². The highest BCUT2D eigenvalue weighted by Crippen LogP contribution is 2.26. The normalized spacial score (nSPS) is 16.8. The molecular weight excluding hydrogens is 356 g/mol. The number of aryl methyl sites for hydroxylation is 1. The minimum atomic E-state index is -0.112. The van der Waals surface area contributed by atoms with Crippen molar-refractivity contribution in [2.75, 3.05) is 25.5 Å². The number of aromatic amines is 1. The van der Waals surface area contributed by atoms with E-state index in [4.69, 9.17) is 4.74 Å². The summed E-state index contributed by atoms with van der Waals surface area (Å²) in [5, 5.41) is 14.6. The first-order chi connectivity index (χ1) is 13.6. The zero-order valence-corrected chi connectivity index (χ0v) is 16.1. The molecule has 1 saturated heterocycles. The third kappa shape index (κ3) is 3.71. The molecule has 2 aromatic heterocycles. The van der Waals surface area contributed by atoms with Crippen LogP contribution in [-0.2, 0) is 0 Å². The first-order valence-corrected chi connectivity index (χ1v) is 9.40. The molecule has 0 radical (unpaired) electrons. The summed E-state index contributed by atoms with van der Waals surface area (Å²) < 4.78 is 6.95. The number of hydrogen-bond donors (Lipinski definition) is 2. The number of amides is 2. The number of aromatic nitrogens is 4. The standard InChI is InChI=1S/C20H24N6O2/c1-14-12-19(26(24-14)16-5-7-17(28-2)8-6-16)22-20(27)25-11-3-4-15(13-25)18-9-10-21-23-18/h5-10,12,15H,3-4,11,13H2,1-2H3,(H,21,23)(H,22,27)/t15-/m0/s1. The molecule has 0 spiro atoms. The first kappa shape index (κ1) is 18.1. The van der Waals surface area contributed by atoms with E-state index < -0.39 is 0 Å². The number of methoxy groups -OCH3 is 1. The molecule has 1 atom stereocenters. The number of urea groups is 1. The highest BCUT2D eigenvalue weighted by molar-refractivity contribution is 5.89. The number of nitrogens with one attached hydrogen (secondary N) is 2. The summed E-state index contributed by atoms with van der Waals surface area (Å²) in [5.74, 6) is 1.71. The molecule has 1 aromatic carbocycles. The number of H-pyrrole nitrogens is 1. The van der Waals surface area contributed by atoms with Crippen molar-refractivity contribution in [2.24, 2.45) is 0 Å². The van der Waals surface area contributed by atoms with Crippen LogP contribution in [0.25, 0.3) is 5.69 Å². The average Bonchev–Trinajstić information content (AvgIpc) is 3.38. The molecule has 2 amide bonds. The molecule has 0 saturated carbocycles. The van der Waals surface area contributed by atoms with E-state index >= 15 is 0 Å². The quantitative estimate of drug-likeness (QED) is 0.727. The van der Waals surface area contributed by atoms with Crippen molar-refractivity contribution in [3.05, 3.63) is 54.0 Å². The SMILES string of the molecule is COc1ccc(-n2nc(C)cc2NC(=O)N2CCC[C@H](c3ccn[nH]3)C2)cc1. The number of piperidine rings is 1. The summed E-state index contributed by atoms with van der Waals surface area (Å²) in [6.07, 6.45) is 3.77. The Labute approximate surface area is 163 Å². The van der Waals surface area contributed by atoms with Crippen molar-refractivity contribution in [3.63, 3.8) is 0 Å². The summed E-state index contributed by atoms with van der Waals surface area (Å²) >= 11 is 0. The molecule has 2 N–H and O–H groups in total. The van der Waals surface area contributed by atoms with Crippen molar-refractivity contribution in [3.8, 4) is 11.4 Å². The van der Waals surface area contributed by atoms with Gasteiger partial charge < -0.3 is 9.64 Å². The van der Waals surface area contributed by atoms with Gasteiger partial charge >= 0.3 is 6.03 Å². The second-order valence-corrected chi connectivity index (χ2v) is 7.01. The Morgan fingerprint density at radius 3 is 2.82 bits per heavy atom. The molecule has 3 aromatic rings. The van der Waals surface area contributed by atoms with E-state index in [1.807, 2.05) is 48.2 Å². The van der Waals surface area contributed by atoms with Crippen molar-refractivity contribution in [1.82, 2.24) is 24.9 Å². The van der Waals surface area contributed by atoms with Crippen LogP contribution in [0.2, 0.25) is 0 Å². The maximum absolute atomic E-state index is 12.9. The maximum atomic E-state index is 12.9. The molecular formula is C20H24N6O2. The van der Waals surface area contributed by atoms with Gasteiger partial charge in [0.1, 0.15) is 11.6 Å². The average molecular weight is 380 g/mol. The molecule has 8 heteroatoms. The Bertz CT molecular complexity index is 932. The van der Waals surface area contributed by atoms with Crippen LogP contribution in [-0.4, -0.2) is 51.1 Å². The minimum Gasteiger partial charge on any atom is -0.497 e. The first-order valence-electron chi connectivity index (χ1n) is 9.40. The minimum absolute atomic E-state index is 0.112. The molecule has 0 aliphatic carbocycles. The summed E-state index contributed by atoms with van der Waals surface area (Å²) in [6, 6.07) is 11.3. The molecule has 1 aliphatic heterocycles. The molecule has 4 rings (SSSR count). The van der Waals surface area contributed by atoms with Crippen molar-refractivity contribution >= 4 is 11.8 Å². The zero-order chi connectivity index (χ0) is 19.5. The van der Waals surface area contributed by atoms with Crippen LogP contribution in [0, 0.1) is 6.92 Å². The van der Waals surface area contributed by atoms with Crippen LogP contribution < -0.4 is 10.1 Å². The number of hydrogen-bond acceptors (Lipinski definition) is 4. The number of anilines is 1. The van der Waals surface area contributed by atoms with E-state index in [0.717, 1.165) is 42.2 Å². The molecule has 3 heterocycles. The second kappa shape index (κ2) is 7.75. The number of rotatable bonds is 4. The van der Waals surface area contributed by atoms with E-state index in [-0.39, 0.29) is 11.9 Å².